The van der Waals surface area contributed by atoms with Gasteiger partial charge in [-0.1, -0.05) is 0 Å². The Morgan fingerprint density at radius 2 is 2.46 bits per heavy atom. The van der Waals surface area contributed by atoms with Crippen molar-refractivity contribution in [3.8, 4) is 0 Å². The van der Waals surface area contributed by atoms with Gasteiger partial charge in [0.15, 0.2) is 5.84 Å². The predicted molar refractivity (Wildman–Crippen MR) is 50.8 cm³/mol. The molecular formula is C6H11N7. The molecule has 70 valence electrons. The van der Waals surface area contributed by atoms with Gasteiger partial charge in [0.05, 0.1) is 5.69 Å². The number of nitrogens with zero attached hydrogens (tertiary/aromatic N) is 4. The summed E-state index contributed by atoms with van der Waals surface area (Å²) in [6.07, 6.45) is 1.50. The van der Waals surface area contributed by atoms with Crippen LogP contribution in [-0.4, -0.2) is 22.2 Å². The van der Waals surface area contributed by atoms with Crippen LogP contribution in [0.15, 0.2) is 16.5 Å². The first kappa shape index (κ1) is 9.20. The van der Waals surface area contributed by atoms with Crippen LogP contribution in [0.1, 0.15) is 11.4 Å². The minimum Gasteiger partial charge on any atom is -0.380 e. The number of amidine groups is 1. The summed E-state index contributed by atoms with van der Waals surface area (Å²) in [4.78, 5) is 3.98. The second-order valence-electron chi connectivity index (χ2n) is 2.30. The fourth-order valence-corrected chi connectivity index (χ4v) is 0.915. The molecule has 0 saturated heterocycles. The van der Waals surface area contributed by atoms with E-state index < -0.39 is 0 Å². The zero-order valence-electron chi connectivity index (χ0n) is 7.23. The van der Waals surface area contributed by atoms with Crippen molar-refractivity contribution in [2.75, 3.05) is 5.53 Å². The molecule has 0 aromatic carbocycles. The van der Waals surface area contributed by atoms with Gasteiger partial charge >= 0.3 is 0 Å². The summed E-state index contributed by atoms with van der Waals surface area (Å²) < 4.78 is 1.51. The Bertz CT molecular complexity index is 337. The molecule has 1 aromatic heterocycles. The number of nitrogen functional groups attached to an aromatic ring is 1. The lowest BCUT2D eigenvalue weighted by Crippen LogP contribution is -2.23. The number of hydrogen-bond donors (Lipinski definition) is 3. The molecule has 0 bridgehead atoms. The first-order valence-electron chi connectivity index (χ1n) is 3.50. The second-order valence-corrected chi connectivity index (χ2v) is 2.30. The fraction of sp³-hybridized carbons (Fsp3) is 0.167. The molecule has 0 radical (unpaired) electrons. The van der Waals surface area contributed by atoms with Crippen molar-refractivity contribution >= 4 is 12.6 Å². The first-order valence-corrected chi connectivity index (χ1v) is 3.50. The first-order chi connectivity index (χ1) is 6.20. The van der Waals surface area contributed by atoms with E-state index in [0.29, 0.717) is 5.69 Å². The van der Waals surface area contributed by atoms with Crippen molar-refractivity contribution in [2.24, 2.45) is 21.8 Å². The van der Waals surface area contributed by atoms with Gasteiger partial charge in [0.25, 0.3) is 0 Å². The summed E-state index contributed by atoms with van der Waals surface area (Å²) >= 11 is 0. The van der Waals surface area contributed by atoms with Crippen molar-refractivity contribution in [3.63, 3.8) is 0 Å². The van der Waals surface area contributed by atoms with Gasteiger partial charge in [0, 0.05) is 6.72 Å². The predicted octanol–water partition coefficient (Wildman–Crippen LogP) is -1.07. The van der Waals surface area contributed by atoms with Gasteiger partial charge in [0.1, 0.15) is 12.0 Å². The maximum atomic E-state index is 5.55. The molecule has 1 rings (SSSR count). The topological polar surface area (TPSA) is 107 Å². The molecular weight excluding hydrogens is 170 g/mol. The average molecular weight is 181 g/mol. The maximum Gasteiger partial charge on any atom is 0.173 e. The van der Waals surface area contributed by atoms with Crippen LogP contribution < -0.4 is 17.1 Å². The van der Waals surface area contributed by atoms with Crippen LogP contribution >= 0.6 is 0 Å². The third-order valence-corrected chi connectivity index (χ3v) is 1.57. The van der Waals surface area contributed by atoms with Crippen LogP contribution in [0.5, 0.6) is 0 Å². The van der Waals surface area contributed by atoms with Gasteiger partial charge in [-0.25, -0.2) is 15.5 Å². The lowest BCUT2D eigenvalue weighted by atomic mass is 10.3. The highest BCUT2D eigenvalue weighted by Crippen LogP contribution is 2.02. The Balaban J connectivity index is 3.09. The van der Waals surface area contributed by atoms with Gasteiger partial charge in [-0.15, -0.1) is 5.10 Å². The molecule has 5 N–H and O–H groups in total. The van der Waals surface area contributed by atoms with Crippen LogP contribution in [0.2, 0.25) is 0 Å². The number of imidazole rings is 1. The Hall–Kier alpha value is -1.89. The van der Waals surface area contributed by atoms with Crippen molar-refractivity contribution in [1.29, 1.82) is 0 Å². The normalized spacial score (nSPS) is 11.4. The monoisotopic (exact) mass is 181 g/mol. The van der Waals surface area contributed by atoms with E-state index in [4.69, 9.17) is 11.6 Å². The highest BCUT2D eigenvalue weighted by atomic mass is 15.6. The molecule has 0 fully saturated rings. The van der Waals surface area contributed by atoms with Gasteiger partial charge in [0.2, 0.25) is 0 Å². The molecule has 0 amide bonds. The van der Waals surface area contributed by atoms with Gasteiger partial charge in [-0.05, 0) is 6.92 Å². The fourth-order valence-electron chi connectivity index (χ4n) is 0.915. The third kappa shape index (κ3) is 1.64. The van der Waals surface area contributed by atoms with E-state index in [9.17, 15) is 0 Å². The molecule has 0 atom stereocenters. The Kier molecular flexibility index (Phi) is 2.60. The summed E-state index contributed by atoms with van der Waals surface area (Å²) in [6, 6.07) is 0. The lowest BCUT2D eigenvalue weighted by molar-refractivity contribution is 0.845. The van der Waals surface area contributed by atoms with E-state index in [1.54, 1.807) is 6.92 Å². The van der Waals surface area contributed by atoms with Gasteiger partial charge in [-0.2, -0.15) is 5.10 Å². The zero-order chi connectivity index (χ0) is 9.84. The van der Waals surface area contributed by atoms with Crippen LogP contribution in [0.3, 0.4) is 0 Å². The standard InChI is InChI=1S/C6H11N7/c1-4-5(6(7)11-9-2)10-3-13(4)12-8/h3,12H,2,8H2,1H3,(H2,7,11). The third-order valence-electron chi connectivity index (χ3n) is 1.57. The van der Waals surface area contributed by atoms with Crippen molar-refractivity contribution in [1.82, 2.24) is 9.66 Å². The molecule has 1 aromatic rings. The Morgan fingerprint density at radius 1 is 1.77 bits per heavy atom. The van der Waals surface area contributed by atoms with Crippen molar-refractivity contribution in [2.45, 2.75) is 6.92 Å². The van der Waals surface area contributed by atoms with E-state index in [1.807, 2.05) is 0 Å². The zero-order valence-corrected chi connectivity index (χ0v) is 7.23. The number of rotatable bonds is 3. The van der Waals surface area contributed by atoms with Crippen molar-refractivity contribution < 1.29 is 0 Å². The average Bonchev–Trinajstić information content (AvgIpc) is 2.47. The Labute approximate surface area is 75.1 Å². The molecule has 0 saturated carbocycles. The van der Waals surface area contributed by atoms with E-state index in [-0.39, 0.29) is 5.84 Å². The number of aromatic nitrogens is 2. The highest BCUT2D eigenvalue weighted by molar-refractivity contribution is 5.96. The summed E-state index contributed by atoms with van der Waals surface area (Å²) in [5.41, 5.74) is 9.25. The van der Waals surface area contributed by atoms with Gasteiger partial charge < -0.3 is 5.73 Å². The minimum absolute atomic E-state index is 0.210. The summed E-state index contributed by atoms with van der Waals surface area (Å²) in [7, 11) is 0. The van der Waals surface area contributed by atoms with Crippen LogP contribution in [-0.2, 0) is 0 Å². The maximum absolute atomic E-state index is 5.55. The molecule has 0 spiro atoms. The van der Waals surface area contributed by atoms with Crippen LogP contribution in [0.4, 0.5) is 0 Å². The molecule has 1 heterocycles. The molecule has 0 aliphatic heterocycles. The summed E-state index contributed by atoms with van der Waals surface area (Å²) in [5, 5.41) is 6.87. The van der Waals surface area contributed by atoms with E-state index in [0.717, 1.165) is 5.69 Å². The highest BCUT2D eigenvalue weighted by Gasteiger charge is 2.08. The molecule has 7 nitrogen and oxygen atoms in total. The van der Waals surface area contributed by atoms with Crippen molar-refractivity contribution in [3.05, 3.63) is 17.7 Å². The summed E-state index contributed by atoms with van der Waals surface area (Å²) in [6.45, 7) is 4.99. The summed E-state index contributed by atoms with van der Waals surface area (Å²) in [5.74, 6) is 5.40. The largest absolute Gasteiger partial charge is 0.380 e. The number of nitrogens with one attached hydrogen (secondary N) is 1. The molecule has 0 unspecified atom stereocenters. The van der Waals surface area contributed by atoms with Gasteiger partial charge in [-0.3, -0.25) is 5.53 Å². The second kappa shape index (κ2) is 3.68. The Morgan fingerprint density at radius 3 is 2.92 bits per heavy atom. The number of nitrogens with two attached hydrogens (primary N) is 2. The van der Waals surface area contributed by atoms with E-state index in [1.165, 1.54) is 11.0 Å². The van der Waals surface area contributed by atoms with Crippen LogP contribution in [0.25, 0.3) is 0 Å². The number of hydrogen-bond acceptors (Lipinski definition) is 5. The lowest BCUT2D eigenvalue weighted by Gasteiger charge is -2.02. The van der Waals surface area contributed by atoms with E-state index >= 15 is 0 Å². The quantitative estimate of drug-likeness (QED) is 0.239. The molecule has 7 heteroatoms. The van der Waals surface area contributed by atoms with Crippen LogP contribution in [0, 0.1) is 6.92 Å². The molecule has 13 heavy (non-hydrogen) atoms. The molecule has 0 aliphatic carbocycles. The molecule has 0 aliphatic rings. The smallest absolute Gasteiger partial charge is 0.173 e. The van der Waals surface area contributed by atoms with E-state index in [2.05, 4.69) is 27.4 Å². The minimum atomic E-state index is 0.210. The number of hydrazine groups is 1. The SMILES string of the molecule is C=N/N=C(/N)c1ncn(NN)c1C.